The second-order valence-electron chi connectivity index (χ2n) is 5.76. The van der Waals surface area contributed by atoms with Crippen LogP contribution in [0.15, 0.2) is 0 Å². The van der Waals surface area contributed by atoms with Crippen LogP contribution in [0.25, 0.3) is 0 Å². The third kappa shape index (κ3) is 8.18. The molecule has 1 saturated heterocycles. The molecule has 19 heavy (non-hydrogen) atoms. The van der Waals surface area contributed by atoms with Crippen molar-refractivity contribution >= 4 is 5.91 Å². The molecule has 5 nitrogen and oxygen atoms in total. The molecule has 5 heteroatoms. The van der Waals surface area contributed by atoms with Gasteiger partial charge >= 0.3 is 0 Å². The highest BCUT2D eigenvalue weighted by molar-refractivity contribution is 5.75. The molecule has 0 aromatic rings. The Labute approximate surface area is 117 Å². The lowest BCUT2D eigenvalue weighted by Crippen LogP contribution is -2.44. The highest BCUT2D eigenvalue weighted by atomic mass is 16.1. The van der Waals surface area contributed by atoms with Crippen LogP contribution < -0.4 is 5.32 Å². The summed E-state index contributed by atoms with van der Waals surface area (Å²) in [5, 5.41) is 2.99. The Morgan fingerprint density at radius 3 is 2.47 bits per heavy atom. The zero-order valence-electron chi connectivity index (χ0n) is 12.8. The average Bonchev–Trinajstić information content (AvgIpc) is 2.37. The number of carbonyl (C=O) groups is 1. The lowest BCUT2D eigenvalue weighted by atomic mass is 10.2. The minimum atomic E-state index is 0.202. The summed E-state index contributed by atoms with van der Waals surface area (Å²) < 4.78 is 0. The van der Waals surface area contributed by atoms with Gasteiger partial charge in [0, 0.05) is 39.1 Å². The van der Waals surface area contributed by atoms with Gasteiger partial charge in [-0.25, -0.2) is 0 Å². The van der Waals surface area contributed by atoms with E-state index < -0.39 is 0 Å². The van der Waals surface area contributed by atoms with Gasteiger partial charge in [0.25, 0.3) is 0 Å². The summed E-state index contributed by atoms with van der Waals surface area (Å²) >= 11 is 0. The molecule has 1 fully saturated rings. The summed E-state index contributed by atoms with van der Waals surface area (Å²) in [5.41, 5.74) is 0. The number of hydrogen-bond acceptors (Lipinski definition) is 4. The molecule has 0 saturated carbocycles. The number of likely N-dealkylation sites (N-methyl/N-ethyl adjacent to an activating group) is 1. The van der Waals surface area contributed by atoms with Crippen LogP contribution in [0.5, 0.6) is 0 Å². The fourth-order valence-corrected chi connectivity index (χ4v) is 2.25. The van der Waals surface area contributed by atoms with Crippen molar-refractivity contribution in [3.8, 4) is 0 Å². The Kier molecular flexibility index (Phi) is 8.02. The molecule has 1 amide bonds. The van der Waals surface area contributed by atoms with E-state index in [1.165, 1.54) is 0 Å². The molecule has 0 radical (unpaired) electrons. The van der Waals surface area contributed by atoms with Crippen molar-refractivity contribution < 1.29 is 4.79 Å². The Bertz CT molecular complexity index is 250. The van der Waals surface area contributed by atoms with Crippen LogP contribution in [-0.2, 0) is 4.79 Å². The van der Waals surface area contributed by atoms with Crippen molar-refractivity contribution in [2.75, 3.05) is 67.0 Å². The predicted molar refractivity (Wildman–Crippen MR) is 79.4 cm³/mol. The second kappa shape index (κ2) is 9.28. The van der Waals surface area contributed by atoms with E-state index in [0.717, 1.165) is 58.7 Å². The molecule has 0 aromatic carbocycles. The topological polar surface area (TPSA) is 38.8 Å². The zero-order valence-corrected chi connectivity index (χ0v) is 12.8. The van der Waals surface area contributed by atoms with E-state index in [2.05, 4.69) is 41.2 Å². The summed E-state index contributed by atoms with van der Waals surface area (Å²) in [6, 6.07) is 0. The lowest BCUT2D eigenvalue weighted by molar-refractivity contribution is -0.121. The second-order valence-corrected chi connectivity index (χ2v) is 5.76. The maximum Gasteiger partial charge on any atom is 0.220 e. The first kappa shape index (κ1) is 16.4. The number of piperazine rings is 1. The van der Waals surface area contributed by atoms with Crippen molar-refractivity contribution in [3.05, 3.63) is 0 Å². The van der Waals surface area contributed by atoms with Crippen LogP contribution in [0.4, 0.5) is 0 Å². The number of carbonyl (C=O) groups excluding carboxylic acids is 1. The minimum Gasteiger partial charge on any atom is -0.356 e. The highest BCUT2D eigenvalue weighted by Crippen LogP contribution is 2.01. The molecule has 1 aliphatic rings. The SMILES string of the molecule is CN(C)CCCNC(=O)CCCN1CCN(C)CC1. The molecule has 0 aliphatic carbocycles. The smallest absolute Gasteiger partial charge is 0.220 e. The number of nitrogens with zero attached hydrogens (tertiary/aromatic N) is 3. The first-order chi connectivity index (χ1) is 9.08. The van der Waals surface area contributed by atoms with Crippen LogP contribution in [0, 0.1) is 0 Å². The van der Waals surface area contributed by atoms with Gasteiger partial charge in [-0.1, -0.05) is 0 Å². The largest absolute Gasteiger partial charge is 0.356 e. The van der Waals surface area contributed by atoms with E-state index in [9.17, 15) is 4.79 Å². The van der Waals surface area contributed by atoms with E-state index in [-0.39, 0.29) is 5.91 Å². The van der Waals surface area contributed by atoms with E-state index in [1.807, 2.05) is 0 Å². The molecular formula is C14H30N4O. The first-order valence-corrected chi connectivity index (χ1v) is 7.40. The maximum atomic E-state index is 11.6. The van der Waals surface area contributed by atoms with Gasteiger partial charge in [-0.2, -0.15) is 0 Å². The highest BCUT2D eigenvalue weighted by Gasteiger charge is 2.13. The molecule has 112 valence electrons. The molecule has 0 aromatic heterocycles. The van der Waals surface area contributed by atoms with Crippen LogP contribution in [0.1, 0.15) is 19.3 Å². The average molecular weight is 270 g/mol. The number of rotatable bonds is 8. The summed E-state index contributed by atoms with van der Waals surface area (Å²) in [6.07, 6.45) is 2.66. The van der Waals surface area contributed by atoms with Crippen LogP contribution in [-0.4, -0.2) is 87.6 Å². The monoisotopic (exact) mass is 270 g/mol. The first-order valence-electron chi connectivity index (χ1n) is 7.40. The predicted octanol–water partition coefficient (Wildman–Crippen LogP) is 0.0819. The van der Waals surface area contributed by atoms with E-state index in [0.29, 0.717) is 6.42 Å². The molecule has 0 atom stereocenters. The normalized spacial score (nSPS) is 17.9. The van der Waals surface area contributed by atoms with Gasteiger partial charge in [0.2, 0.25) is 5.91 Å². The standard InChI is InChI=1S/C14H30N4O/c1-16(2)8-5-7-15-14(19)6-4-9-18-12-10-17(3)11-13-18/h4-13H2,1-3H3,(H,15,19). The Balaban J connectivity index is 1.95. The maximum absolute atomic E-state index is 11.6. The summed E-state index contributed by atoms with van der Waals surface area (Å²) in [7, 11) is 6.27. The number of nitrogens with one attached hydrogen (secondary N) is 1. The van der Waals surface area contributed by atoms with Crippen molar-refractivity contribution in [3.63, 3.8) is 0 Å². The molecule has 0 bridgehead atoms. The lowest BCUT2D eigenvalue weighted by Gasteiger charge is -2.32. The van der Waals surface area contributed by atoms with Crippen molar-refractivity contribution in [1.82, 2.24) is 20.0 Å². The fourth-order valence-electron chi connectivity index (χ4n) is 2.25. The van der Waals surface area contributed by atoms with Gasteiger partial charge in [-0.15, -0.1) is 0 Å². The summed E-state index contributed by atoms with van der Waals surface area (Å²) in [4.78, 5) is 18.6. The quantitative estimate of drug-likeness (QED) is 0.634. The minimum absolute atomic E-state index is 0.202. The van der Waals surface area contributed by atoms with Crippen LogP contribution in [0.2, 0.25) is 0 Å². The van der Waals surface area contributed by atoms with Crippen molar-refractivity contribution in [2.24, 2.45) is 0 Å². The molecule has 1 aliphatic heterocycles. The molecule has 0 spiro atoms. The van der Waals surface area contributed by atoms with E-state index >= 15 is 0 Å². The van der Waals surface area contributed by atoms with Gasteiger partial charge in [0.1, 0.15) is 0 Å². The summed E-state index contributed by atoms with van der Waals surface area (Å²) in [5.74, 6) is 0.202. The van der Waals surface area contributed by atoms with Gasteiger partial charge in [-0.3, -0.25) is 4.79 Å². The van der Waals surface area contributed by atoms with Crippen molar-refractivity contribution in [1.29, 1.82) is 0 Å². The van der Waals surface area contributed by atoms with Gasteiger partial charge < -0.3 is 20.0 Å². The van der Waals surface area contributed by atoms with Gasteiger partial charge in [0.05, 0.1) is 0 Å². The molecule has 1 heterocycles. The van der Waals surface area contributed by atoms with E-state index in [4.69, 9.17) is 0 Å². The number of amides is 1. The molecule has 1 N–H and O–H groups in total. The Morgan fingerprint density at radius 2 is 1.84 bits per heavy atom. The third-order valence-corrected chi connectivity index (χ3v) is 3.58. The van der Waals surface area contributed by atoms with Crippen LogP contribution in [0.3, 0.4) is 0 Å². The molecule has 0 unspecified atom stereocenters. The van der Waals surface area contributed by atoms with Gasteiger partial charge in [-0.05, 0) is 47.1 Å². The Morgan fingerprint density at radius 1 is 1.16 bits per heavy atom. The third-order valence-electron chi connectivity index (χ3n) is 3.58. The summed E-state index contributed by atoms with van der Waals surface area (Å²) in [6.45, 7) is 7.46. The molecular weight excluding hydrogens is 240 g/mol. The fraction of sp³-hybridized carbons (Fsp3) is 0.929. The van der Waals surface area contributed by atoms with E-state index in [1.54, 1.807) is 0 Å². The van der Waals surface area contributed by atoms with Gasteiger partial charge in [0.15, 0.2) is 0 Å². The van der Waals surface area contributed by atoms with Crippen LogP contribution >= 0.6 is 0 Å². The van der Waals surface area contributed by atoms with Crippen molar-refractivity contribution in [2.45, 2.75) is 19.3 Å². The number of hydrogen-bond donors (Lipinski definition) is 1. The Hall–Kier alpha value is -0.650. The molecule has 1 rings (SSSR count). The zero-order chi connectivity index (χ0) is 14.1.